The van der Waals surface area contributed by atoms with E-state index in [9.17, 15) is 4.79 Å². The highest BCUT2D eigenvalue weighted by atomic mass is 32.2. The van der Waals surface area contributed by atoms with E-state index in [1.54, 1.807) is 17.8 Å². The molecule has 0 aromatic heterocycles. The van der Waals surface area contributed by atoms with Crippen LogP contribution in [0, 0.1) is 6.92 Å². The molecule has 1 amide bonds. The Morgan fingerprint density at radius 3 is 2.65 bits per heavy atom. The van der Waals surface area contributed by atoms with Crippen molar-refractivity contribution in [3.8, 4) is 0 Å². The number of thioether (sulfide) groups is 1. The molecule has 0 heterocycles. The van der Waals surface area contributed by atoms with Gasteiger partial charge in [-0.3, -0.25) is 4.79 Å². The van der Waals surface area contributed by atoms with E-state index in [1.807, 2.05) is 19.1 Å². The molecule has 112 valence electrons. The molecule has 0 radical (unpaired) electrons. The summed E-state index contributed by atoms with van der Waals surface area (Å²) in [5.74, 6) is 1.45. The molecule has 0 aliphatic heterocycles. The van der Waals surface area contributed by atoms with E-state index in [4.69, 9.17) is 5.73 Å². The molecule has 0 atom stereocenters. The Morgan fingerprint density at radius 2 is 2.05 bits per heavy atom. The number of hydrogen-bond acceptors (Lipinski definition) is 4. The average Bonchev–Trinajstić information content (AvgIpc) is 2.43. The SMILES string of the molecule is CCN(CC)CCSCC(=O)Nc1c(C)cccc1N. The first-order valence-corrected chi connectivity index (χ1v) is 8.19. The predicted molar refractivity (Wildman–Crippen MR) is 89.3 cm³/mol. The summed E-state index contributed by atoms with van der Waals surface area (Å²) in [5, 5.41) is 2.90. The van der Waals surface area contributed by atoms with E-state index in [-0.39, 0.29) is 5.91 Å². The molecule has 20 heavy (non-hydrogen) atoms. The second-order valence-electron chi connectivity index (χ2n) is 4.67. The third-order valence-corrected chi connectivity index (χ3v) is 4.19. The van der Waals surface area contributed by atoms with Crippen molar-refractivity contribution in [3.63, 3.8) is 0 Å². The van der Waals surface area contributed by atoms with Gasteiger partial charge in [0.1, 0.15) is 0 Å². The number of carbonyl (C=O) groups is 1. The lowest BCUT2D eigenvalue weighted by Crippen LogP contribution is -2.26. The molecule has 0 spiro atoms. The minimum absolute atomic E-state index is 0.00977. The van der Waals surface area contributed by atoms with Crippen LogP contribution in [-0.4, -0.2) is 41.9 Å². The molecule has 1 aromatic carbocycles. The Kier molecular flexibility index (Phi) is 7.47. The van der Waals surface area contributed by atoms with Gasteiger partial charge in [-0.05, 0) is 31.6 Å². The number of nitrogen functional groups attached to an aromatic ring is 1. The van der Waals surface area contributed by atoms with E-state index in [0.717, 1.165) is 36.6 Å². The van der Waals surface area contributed by atoms with Crippen molar-refractivity contribution in [1.82, 2.24) is 4.90 Å². The first-order chi connectivity index (χ1) is 9.58. The zero-order chi connectivity index (χ0) is 15.0. The van der Waals surface area contributed by atoms with E-state index >= 15 is 0 Å². The third-order valence-electron chi connectivity index (χ3n) is 3.25. The topological polar surface area (TPSA) is 58.4 Å². The molecule has 1 aromatic rings. The Bertz CT molecular complexity index is 413. The van der Waals surface area contributed by atoms with Crippen molar-refractivity contribution in [3.05, 3.63) is 23.8 Å². The first-order valence-electron chi connectivity index (χ1n) is 7.03. The molecule has 0 saturated heterocycles. The molecule has 0 fully saturated rings. The third kappa shape index (κ3) is 5.43. The molecular weight excluding hydrogens is 270 g/mol. The van der Waals surface area contributed by atoms with Gasteiger partial charge in [-0.15, -0.1) is 0 Å². The molecule has 1 rings (SSSR count). The van der Waals surface area contributed by atoms with Crippen LogP contribution in [0.2, 0.25) is 0 Å². The van der Waals surface area contributed by atoms with Gasteiger partial charge in [0.05, 0.1) is 17.1 Å². The van der Waals surface area contributed by atoms with Gasteiger partial charge >= 0.3 is 0 Å². The highest BCUT2D eigenvalue weighted by Crippen LogP contribution is 2.22. The van der Waals surface area contributed by atoms with Crippen LogP contribution in [-0.2, 0) is 4.79 Å². The first kappa shape index (κ1) is 16.9. The number of nitrogens with one attached hydrogen (secondary N) is 1. The Balaban J connectivity index is 2.34. The van der Waals surface area contributed by atoms with Gasteiger partial charge in [0.2, 0.25) is 5.91 Å². The van der Waals surface area contributed by atoms with Crippen LogP contribution in [0.5, 0.6) is 0 Å². The van der Waals surface area contributed by atoms with Crippen LogP contribution in [0.3, 0.4) is 0 Å². The van der Waals surface area contributed by atoms with Crippen LogP contribution in [0.15, 0.2) is 18.2 Å². The van der Waals surface area contributed by atoms with Crippen LogP contribution < -0.4 is 11.1 Å². The molecular formula is C15H25N3OS. The zero-order valence-corrected chi connectivity index (χ0v) is 13.4. The van der Waals surface area contributed by atoms with E-state index in [2.05, 4.69) is 24.1 Å². The summed E-state index contributed by atoms with van der Waals surface area (Å²) in [6.45, 7) is 9.40. The van der Waals surface area contributed by atoms with Gasteiger partial charge in [0, 0.05) is 12.3 Å². The summed E-state index contributed by atoms with van der Waals surface area (Å²) < 4.78 is 0. The second-order valence-corrected chi connectivity index (χ2v) is 5.77. The Hall–Kier alpha value is -1.20. The summed E-state index contributed by atoms with van der Waals surface area (Å²) in [7, 11) is 0. The average molecular weight is 295 g/mol. The maximum atomic E-state index is 11.9. The van der Waals surface area contributed by atoms with Crippen LogP contribution in [0.4, 0.5) is 11.4 Å². The summed E-state index contributed by atoms with van der Waals surface area (Å²) in [4.78, 5) is 14.3. The molecule has 0 aliphatic carbocycles. The number of carbonyl (C=O) groups excluding carboxylic acids is 1. The number of rotatable bonds is 8. The van der Waals surface area contributed by atoms with Gasteiger partial charge in [0.25, 0.3) is 0 Å². The normalized spacial score (nSPS) is 10.8. The van der Waals surface area contributed by atoms with Crippen LogP contribution in [0.1, 0.15) is 19.4 Å². The van der Waals surface area contributed by atoms with Gasteiger partial charge in [-0.2, -0.15) is 11.8 Å². The van der Waals surface area contributed by atoms with Crippen molar-refractivity contribution in [1.29, 1.82) is 0 Å². The van der Waals surface area contributed by atoms with Crippen molar-refractivity contribution >= 4 is 29.0 Å². The lowest BCUT2D eigenvalue weighted by atomic mass is 10.1. The quantitative estimate of drug-likeness (QED) is 0.572. The summed E-state index contributed by atoms with van der Waals surface area (Å²) in [6, 6.07) is 5.63. The van der Waals surface area contributed by atoms with Gasteiger partial charge < -0.3 is 16.0 Å². The Morgan fingerprint density at radius 1 is 1.35 bits per heavy atom. The maximum absolute atomic E-state index is 11.9. The van der Waals surface area contributed by atoms with Crippen molar-refractivity contribution in [2.45, 2.75) is 20.8 Å². The summed E-state index contributed by atoms with van der Waals surface area (Å²) in [5.41, 5.74) is 8.22. The van der Waals surface area contributed by atoms with Crippen molar-refractivity contribution in [2.24, 2.45) is 0 Å². The number of hydrogen-bond donors (Lipinski definition) is 2. The van der Waals surface area contributed by atoms with Crippen LogP contribution in [0.25, 0.3) is 0 Å². The minimum Gasteiger partial charge on any atom is -0.397 e. The molecule has 3 N–H and O–H groups in total. The monoisotopic (exact) mass is 295 g/mol. The fourth-order valence-corrected chi connectivity index (χ4v) is 2.72. The number of amides is 1. The fourth-order valence-electron chi connectivity index (χ4n) is 1.94. The van der Waals surface area contributed by atoms with Gasteiger partial charge in [-0.1, -0.05) is 26.0 Å². The van der Waals surface area contributed by atoms with E-state index in [0.29, 0.717) is 11.4 Å². The summed E-state index contributed by atoms with van der Waals surface area (Å²) in [6.07, 6.45) is 0. The zero-order valence-electron chi connectivity index (χ0n) is 12.6. The molecule has 0 saturated carbocycles. The molecule has 4 nitrogen and oxygen atoms in total. The van der Waals surface area contributed by atoms with E-state index < -0.39 is 0 Å². The largest absolute Gasteiger partial charge is 0.397 e. The fraction of sp³-hybridized carbons (Fsp3) is 0.533. The number of anilines is 2. The minimum atomic E-state index is 0.00977. The predicted octanol–water partition coefficient (Wildman–Crippen LogP) is 2.59. The highest BCUT2D eigenvalue weighted by molar-refractivity contribution is 7.99. The standard InChI is InChI=1S/C15H25N3OS/c1-4-18(5-2)9-10-20-11-14(19)17-15-12(3)7-6-8-13(15)16/h6-8H,4-5,9-11,16H2,1-3H3,(H,17,19). The van der Waals surface area contributed by atoms with Crippen molar-refractivity contribution in [2.75, 3.05) is 42.2 Å². The Labute approximate surface area is 126 Å². The maximum Gasteiger partial charge on any atom is 0.234 e. The lowest BCUT2D eigenvalue weighted by Gasteiger charge is -2.17. The van der Waals surface area contributed by atoms with Crippen molar-refractivity contribution < 1.29 is 4.79 Å². The number of benzene rings is 1. The number of nitrogens with two attached hydrogens (primary N) is 1. The lowest BCUT2D eigenvalue weighted by molar-refractivity contribution is -0.113. The molecule has 0 aliphatic rings. The summed E-state index contributed by atoms with van der Waals surface area (Å²) >= 11 is 1.66. The highest BCUT2D eigenvalue weighted by Gasteiger charge is 2.08. The smallest absolute Gasteiger partial charge is 0.234 e. The number of para-hydroxylation sites is 1. The molecule has 0 unspecified atom stereocenters. The second kappa shape index (κ2) is 8.87. The van der Waals surface area contributed by atoms with Gasteiger partial charge in [-0.25, -0.2) is 0 Å². The van der Waals surface area contributed by atoms with Crippen LogP contribution >= 0.6 is 11.8 Å². The number of aryl methyl sites for hydroxylation is 1. The number of nitrogens with zero attached hydrogens (tertiary/aromatic N) is 1. The molecule has 0 bridgehead atoms. The van der Waals surface area contributed by atoms with Gasteiger partial charge in [0.15, 0.2) is 0 Å². The molecule has 5 heteroatoms. The van der Waals surface area contributed by atoms with E-state index in [1.165, 1.54) is 0 Å².